The molecule has 0 radical (unpaired) electrons. The van der Waals surface area contributed by atoms with Crippen molar-refractivity contribution in [3.05, 3.63) is 64.7 Å². The molecule has 2 aromatic rings. The summed E-state index contributed by atoms with van der Waals surface area (Å²) >= 11 is 6.17. The van der Waals surface area contributed by atoms with Crippen LogP contribution in [0.5, 0.6) is 0 Å². The molecule has 0 bridgehead atoms. The van der Waals surface area contributed by atoms with E-state index in [4.69, 9.17) is 11.6 Å². The molecule has 0 saturated carbocycles. The number of sulfonamides is 1. The van der Waals surface area contributed by atoms with Crippen molar-refractivity contribution in [3.63, 3.8) is 0 Å². The Hall–Kier alpha value is -2.42. The number of hydrogen-bond donors (Lipinski definition) is 0. The zero-order chi connectivity index (χ0) is 22.6. The molecule has 9 heteroatoms. The molecule has 0 atom stereocenters. The molecule has 0 aromatic heterocycles. The van der Waals surface area contributed by atoms with E-state index in [9.17, 15) is 18.0 Å². The normalized spacial score (nSPS) is 14.7. The maximum absolute atomic E-state index is 13.0. The van der Waals surface area contributed by atoms with Gasteiger partial charge in [0, 0.05) is 50.4 Å². The third-order valence-corrected chi connectivity index (χ3v) is 7.91. The van der Waals surface area contributed by atoms with Gasteiger partial charge in [-0.3, -0.25) is 9.59 Å². The first-order chi connectivity index (χ1) is 14.8. The standard InChI is InChI=1S/C22H26ClN3O4S/c1-3-26(4-2)31(29,30)20-16-18(10-11-19(20)23)22(28)25-14-12-24(13-15-25)21(27)17-8-6-5-7-9-17/h5-11,16H,3-4,12-15H2,1-2H3. The van der Waals surface area contributed by atoms with Crippen LogP contribution in [-0.4, -0.2) is 73.6 Å². The molecule has 166 valence electrons. The maximum atomic E-state index is 13.0. The highest BCUT2D eigenvalue weighted by molar-refractivity contribution is 7.89. The lowest BCUT2D eigenvalue weighted by molar-refractivity contribution is 0.0535. The molecule has 2 aromatic carbocycles. The van der Waals surface area contributed by atoms with Gasteiger partial charge in [-0.25, -0.2) is 8.42 Å². The first kappa shape index (κ1) is 23.2. The molecule has 1 fully saturated rings. The number of halogens is 1. The molecule has 1 aliphatic heterocycles. The third kappa shape index (κ3) is 4.92. The molecule has 3 rings (SSSR count). The summed E-state index contributed by atoms with van der Waals surface area (Å²) in [5.41, 5.74) is 0.879. The SMILES string of the molecule is CCN(CC)S(=O)(=O)c1cc(C(=O)N2CCN(C(=O)c3ccccc3)CC2)ccc1Cl. The van der Waals surface area contributed by atoms with E-state index in [0.29, 0.717) is 44.8 Å². The monoisotopic (exact) mass is 463 g/mol. The average Bonchev–Trinajstić information content (AvgIpc) is 2.79. The van der Waals surface area contributed by atoms with Crippen LogP contribution >= 0.6 is 11.6 Å². The van der Waals surface area contributed by atoms with E-state index in [1.165, 1.54) is 22.5 Å². The zero-order valence-electron chi connectivity index (χ0n) is 17.6. The minimum atomic E-state index is -3.79. The molecule has 2 amide bonds. The van der Waals surface area contributed by atoms with Gasteiger partial charge >= 0.3 is 0 Å². The molecule has 0 aliphatic carbocycles. The molecule has 7 nitrogen and oxygen atoms in total. The van der Waals surface area contributed by atoms with Crippen LogP contribution in [0, 0.1) is 0 Å². The van der Waals surface area contributed by atoms with Crippen LogP contribution in [-0.2, 0) is 10.0 Å². The van der Waals surface area contributed by atoms with E-state index in [2.05, 4.69) is 0 Å². The van der Waals surface area contributed by atoms with Crippen molar-refractivity contribution in [2.24, 2.45) is 0 Å². The topological polar surface area (TPSA) is 78.0 Å². The smallest absolute Gasteiger partial charge is 0.254 e. The van der Waals surface area contributed by atoms with Gasteiger partial charge in [-0.05, 0) is 30.3 Å². The Balaban J connectivity index is 1.74. The summed E-state index contributed by atoms with van der Waals surface area (Å²) < 4.78 is 27.1. The van der Waals surface area contributed by atoms with Crippen LogP contribution in [0.3, 0.4) is 0 Å². The molecule has 0 spiro atoms. The van der Waals surface area contributed by atoms with Crippen molar-refractivity contribution >= 4 is 33.4 Å². The van der Waals surface area contributed by atoms with Gasteiger partial charge in [0.1, 0.15) is 4.90 Å². The van der Waals surface area contributed by atoms with Crippen LogP contribution in [0.1, 0.15) is 34.6 Å². The van der Waals surface area contributed by atoms with Gasteiger partial charge in [0.05, 0.1) is 5.02 Å². The van der Waals surface area contributed by atoms with Crippen molar-refractivity contribution in [2.75, 3.05) is 39.3 Å². The lowest BCUT2D eigenvalue weighted by Crippen LogP contribution is -2.50. The zero-order valence-corrected chi connectivity index (χ0v) is 19.2. The Kier molecular flexibility index (Phi) is 7.35. The van der Waals surface area contributed by atoms with Crippen LogP contribution in [0.4, 0.5) is 0 Å². The lowest BCUT2D eigenvalue weighted by atomic mass is 10.1. The Morgan fingerprint density at radius 1 is 0.871 bits per heavy atom. The highest BCUT2D eigenvalue weighted by Crippen LogP contribution is 2.26. The van der Waals surface area contributed by atoms with Crippen molar-refractivity contribution in [3.8, 4) is 0 Å². The van der Waals surface area contributed by atoms with Crippen molar-refractivity contribution < 1.29 is 18.0 Å². The molecule has 1 aliphatic rings. The Morgan fingerprint density at radius 2 is 1.39 bits per heavy atom. The largest absolute Gasteiger partial charge is 0.335 e. The highest BCUT2D eigenvalue weighted by atomic mass is 35.5. The van der Waals surface area contributed by atoms with Gasteiger partial charge in [0.2, 0.25) is 10.0 Å². The van der Waals surface area contributed by atoms with E-state index in [-0.39, 0.29) is 27.3 Å². The summed E-state index contributed by atoms with van der Waals surface area (Å²) in [6.07, 6.45) is 0. The summed E-state index contributed by atoms with van der Waals surface area (Å²) in [6.45, 7) is 5.70. The van der Waals surface area contributed by atoms with Crippen molar-refractivity contribution in [1.82, 2.24) is 14.1 Å². The molecule has 1 heterocycles. The third-order valence-electron chi connectivity index (χ3n) is 5.38. The minimum Gasteiger partial charge on any atom is -0.335 e. The number of benzene rings is 2. The first-order valence-corrected chi connectivity index (χ1v) is 12.0. The summed E-state index contributed by atoms with van der Waals surface area (Å²) in [4.78, 5) is 28.9. The van der Waals surface area contributed by atoms with Gasteiger partial charge < -0.3 is 9.80 Å². The molecule has 0 unspecified atom stereocenters. The number of nitrogens with zero attached hydrogens (tertiary/aromatic N) is 3. The second kappa shape index (κ2) is 9.80. The van der Waals surface area contributed by atoms with Gasteiger partial charge in [-0.15, -0.1) is 0 Å². The van der Waals surface area contributed by atoms with Crippen molar-refractivity contribution in [1.29, 1.82) is 0 Å². The van der Waals surface area contributed by atoms with E-state index in [0.717, 1.165) is 0 Å². The van der Waals surface area contributed by atoms with Crippen LogP contribution in [0.15, 0.2) is 53.4 Å². The number of amides is 2. The Morgan fingerprint density at radius 3 is 1.90 bits per heavy atom. The second-order valence-electron chi connectivity index (χ2n) is 7.18. The Labute approximate surface area is 188 Å². The predicted molar refractivity (Wildman–Crippen MR) is 120 cm³/mol. The number of piperazine rings is 1. The minimum absolute atomic E-state index is 0.0632. The number of hydrogen-bond acceptors (Lipinski definition) is 4. The lowest BCUT2D eigenvalue weighted by Gasteiger charge is -2.35. The van der Waals surface area contributed by atoms with E-state index in [1.807, 2.05) is 18.2 Å². The fourth-order valence-corrected chi connectivity index (χ4v) is 5.55. The number of carbonyl (C=O) groups is 2. The van der Waals surface area contributed by atoms with Gasteiger partial charge in [-0.2, -0.15) is 4.31 Å². The van der Waals surface area contributed by atoms with E-state index >= 15 is 0 Å². The average molecular weight is 464 g/mol. The first-order valence-electron chi connectivity index (χ1n) is 10.2. The quantitative estimate of drug-likeness (QED) is 0.659. The Bertz CT molecular complexity index is 1050. The summed E-state index contributed by atoms with van der Waals surface area (Å²) in [6, 6.07) is 13.4. The number of rotatable bonds is 6. The molecule has 1 saturated heterocycles. The summed E-state index contributed by atoms with van der Waals surface area (Å²) in [5, 5.41) is 0.0849. The fourth-order valence-electron chi connectivity index (χ4n) is 3.60. The fraction of sp³-hybridized carbons (Fsp3) is 0.364. The van der Waals surface area contributed by atoms with Gasteiger partial charge in [-0.1, -0.05) is 43.6 Å². The van der Waals surface area contributed by atoms with Crippen LogP contribution in [0.2, 0.25) is 5.02 Å². The van der Waals surface area contributed by atoms with Crippen molar-refractivity contribution in [2.45, 2.75) is 18.7 Å². The molecular weight excluding hydrogens is 438 g/mol. The van der Waals surface area contributed by atoms with Gasteiger partial charge in [0.25, 0.3) is 11.8 Å². The predicted octanol–water partition coefficient (Wildman–Crippen LogP) is 2.97. The van der Waals surface area contributed by atoms with E-state index in [1.54, 1.807) is 35.8 Å². The van der Waals surface area contributed by atoms with Gasteiger partial charge in [0.15, 0.2) is 0 Å². The van der Waals surface area contributed by atoms with Crippen LogP contribution < -0.4 is 0 Å². The molecular formula is C22H26ClN3O4S. The van der Waals surface area contributed by atoms with Crippen LogP contribution in [0.25, 0.3) is 0 Å². The maximum Gasteiger partial charge on any atom is 0.254 e. The molecule has 0 N–H and O–H groups in total. The summed E-state index contributed by atoms with van der Waals surface area (Å²) in [5.74, 6) is -0.341. The summed E-state index contributed by atoms with van der Waals surface area (Å²) in [7, 11) is -3.79. The highest BCUT2D eigenvalue weighted by Gasteiger charge is 2.29. The number of carbonyl (C=O) groups excluding carboxylic acids is 2. The second-order valence-corrected chi connectivity index (χ2v) is 9.50. The van der Waals surface area contributed by atoms with E-state index < -0.39 is 10.0 Å². The molecule has 31 heavy (non-hydrogen) atoms.